The number of hydrogen-bond donors (Lipinski definition) is 1. The third kappa shape index (κ3) is 2.60. The lowest BCUT2D eigenvalue weighted by molar-refractivity contribution is 0.0940. The van der Waals surface area contributed by atoms with E-state index in [1.165, 1.54) is 17.5 Å². The molecule has 1 amide bonds. The lowest BCUT2D eigenvalue weighted by Gasteiger charge is -2.14. The summed E-state index contributed by atoms with van der Waals surface area (Å²) in [6.07, 6.45) is 3.46. The number of aryl methyl sites for hydroxylation is 2. The molecule has 1 aliphatic rings. The van der Waals surface area contributed by atoms with Crippen molar-refractivity contribution in [3.63, 3.8) is 0 Å². The van der Waals surface area contributed by atoms with Gasteiger partial charge in [-0.15, -0.1) is 0 Å². The SMILES string of the molecule is C[C@@H](NC(=O)c1ccc2c(c1)CCC2)c1ccccc1. The van der Waals surface area contributed by atoms with Crippen LogP contribution in [0.2, 0.25) is 0 Å². The Bertz CT molecular complexity index is 619. The second-order valence-electron chi connectivity index (χ2n) is 5.44. The summed E-state index contributed by atoms with van der Waals surface area (Å²) in [5, 5.41) is 3.06. The maximum Gasteiger partial charge on any atom is 0.251 e. The molecule has 1 aliphatic carbocycles. The summed E-state index contributed by atoms with van der Waals surface area (Å²) < 4.78 is 0. The molecule has 0 aromatic heterocycles. The minimum absolute atomic E-state index is 0.0102. The normalized spacial score (nSPS) is 14.7. The van der Waals surface area contributed by atoms with Crippen LogP contribution in [0.25, 0.3) is 0 Å². The van der Waals surface area contributed by atoms with Crippen LogP contribution in [0, 0.1) is 0 Å². The van der Waals surface area contributed by atoms with Crippen LogP contribution in [0.4, 0.5) is 0 Å². The summed E-state index contributed by atoms with van der Waals surface area (Å²) in [6, 6.07) is 16.2. The summed E-state index contributed by atoms with van der Waals surface area (Å²) in [5.74, 6) is 0.0102. The van der Waals surface area contributed by atoms with Gasteiger partial charge in [0, 0.05) is 5.56 Å². The summed E-state index contributed by atoms with van der Waals surface area (Å²) in [7, 11) is 0. The molecule has 0 heterocycles. The van der Waals surface area contributed by atoms with E-state index in [0.717, 1.165) is 24.0 Å². The zero-order valence-corrected chi connectivity index (χ0v) is 11.7. The van der Waals surface area contributed by atoms with Gasteiger partial charge in [0.2, 0.25) is 0 Å². The summed E-state index contributed by atoms with van der Waals surface area (Å²) in [6.45, 7) is 2.01. The Hall–Kier alpha value is -2.09. The summed E-state index contributed by atoms with van der Waals surface area (Å²) in [5.41, 5.74) is 4.64. The Balaban J connectivity index is 1.73. The van der Waals surface area contributed by atoms with E-state index in [1.807, 2.05) is 43.3 Å². The molecule has 20 heavy (non-hydrogen) atoms. The largest absolute Gasteiger partial charge is 0.346 e. The first-order valence-electron chi connectivity index (χ1n) is 7.21. The Morgan fingerprint density at radius 2 is 1.80 bits per heavy atom. The van der Waals surface area contributed by atoms with Crippen LogP contribution in [0.3, 0.4) is 0 Å². The highest BCUT2D eigenvalue weighted by Gasteiger charge is 2.15. The van der Waals surface area contributed by atoms with Gasteiger partial charge in [-0.05, 0) is 55.0 Å². The fourth-order valence-corrected chi connectivity index (χ4v) is 2.82. The average Bonchev–Trinajstić information content (AvgIpc) is 2.95. The van der Waals surface area contributed by atoms with Crippen LogP contribution < -0.4 is 5.32 Å². The molecular weight excluding hydrogens is 246 g/mol. The molecule has 0 saturated carbocycles. The Labute approximate surface area is 119 Å². The maximum atomic E-state index is 12.3. The number of nitrogens with one attached hydrogen (secondary N) is 1. The van der Waals surface area contributed by atoms with E-state index in [2.05, 4.69) is 17.4 Å². The first-order chi connectivity index (χ1) is 9.74. The van der Waals surface area contributed by atoms with Crippen molar-refractivity contribution in [3.8, 4) is 0 Å². The van der Waals surface area contributed by atoms with Crippen molar-refractivity contribution in [2.75, 3.05) is 0 Å². The van der Waals surface area contributed by atoms with Crippen LogP contribution in [-0.2, 0) is 12.8 Å². The Morgan fingerprint density at radius 3 is 2.60 bits per heavy atom. The third-order valence-corrected chi connectivity index (χ3v) is 4.01. The van der Waals surface area contributed by atoms with E-state index in [4.69, 9.17) is 0 Å². The molecule has 0 bridgehead atoms. The van der Waals surface area contributed by atoms with Crippen molar-refractivity contribution in [1.29, 1.82) is 0 Å². The smallest absolute Gasteiger partial charge is 0.251 e. The monoisotopic (exact) mass is 265 g/mol. The van der Waals surface area contributed by atoms with Gasteiger partial charge in [0.15, 0.2) is 0 Å². The zero-order valence-electron chi connectivity index (χ0n) is 11.7. The quantitative estimate of drug-likeness (QED) is 0.901. The number of carbonyl (C=O) groups is 1. The van der Waals surface area contributed by atoms with E-state index in [-0.39, 0.29) is 11.9 Å². The van der Waals surface area contributed by atoms with E-state index in [1.54, 1.807) is 0 Å². The molecule has 3 rings (SSSR count). The van der Waals surface area contributed by atoms with Crippen molar-refractivity contribution in [1.82, 2.24) is 5.32 Å². The van der Waals surface area contributed by atoms with Gasteiger partial charge in [-0.25, -0.2) is 0 Å². The highest BCUT2D eigenvalue weighted by atomic mass is 16.1. The molecule has 2 nitrogen and oxygen atoms in total. The lowest BCUT2D eigenvalue weighted by atomic mass is 10.0. The van der Waals surface area contributed by atoms with Crippen molar-refractivity contribution in [2.24, 2.45) is 0 Å². The van der Waals surface area contributed by atoms with Crippen LogP contribution >= 0.6 is 0 Å². The standard InChI is InChI=1S/C18H19NO/c1-13(14-6-3-2-4-7-14)19-18(20)17-11-10-15-8-5-9-16(15)12-17/h2-4,6-7,10-13H,5,8-9H2,1H3,(H,19,20)/t13-/m1/s1. The minimum atomic E-state index is 0.0102. The Morgan fingerprint density at radius 1 is 1.05 bits per heavy atom. The molecule has 1 atom stereocenters. The molecule has 0 fully saturated rings. The number of hydrogen-bond acceptors (Lipinski definition) is 1. The van der Waals surface area contributed by atoms with Gasteiger partial charge < -0.3 is 5.32 Å². The highest BCUT2D eigenvalue weighted by Crippen LogP contribution is 2.23. The van der Waals surface area contributed by atoms with Crippen molar-refractivity contribution in [2.45, 2.75) is 32.2 Å². The zero-order chi connectivity index (χ0) is 13.9. The number of rotatable bonds is 3. The molecule has 2 aromatic rings. The number of carbonyl (C=O) groups excluding carboxylic acids is 1. The molecule has 1 N–H and O–H groups in total. The van der Waals surface area contributed by atoms with Crippen LogP contribution in [-0.4, -0.2) is 5.91 Å². The fourth-order valence-electron chi connectivity index (χ4n) is 2.82. The summed E-state index contributed by atoms with van der Waals surface area (Å²) >= 11 is 0. The molecule has 2 heteroatoms. The average molecular weight is 265 g/mol. The molecule has 102 valence electrons. The number of amides is 1. The van der Waals surface area contributed by atoms with E-state index < -0.39 is 0 Å². The van der Waals surface area contributed by atoms with E-state index in [9.17, 15) is 4.79 Å². The topological polar surface area (TPSA) is 29.1 Å². The number of fused-ring (bicyclic) bond motifs is 1. The molecule has 0 saturated heterocycles. The predicted molar refractivity (Wildman–Crippen MR) is 80.8 cm³/mol. The highest BCUT2D eigenvalue weighted by molar-refractivity contribution is 5.94. The van der Waals surface area contributed by atoms with Gasteiger partial charge in [-0.3, -0.25) is 4.79 Å². The van der Waals surface area contributed by atoms with E-state index >= 15 is 0 Å². The van der Waals surface area contributed by atoms with Crippen molar-refractivity contribution < 1.29 is 4.79 Å². The maximum absolute atomic E-state index is 12.3. The van der Waals surface area contributed by atoms with Crippen molar-refractivity contribution >= 4 is 5.91 Å². The van der Waals surface area contributed by atoms with Gasteiger partial charge in [0.25, 0.3) is 5.91 Å². The lowest BCUT2D eigenvalue weighted by Crippen LogP contribution is -2.26. The van der Waals surface area contributed by atoms with Gasteiger partial charge in [-0.2, -0.15) is 0 Å². The van der Waals surface area contributed by atoms with Crippen molar-refractivity contribution in [3.05, 3.63) is 70.8 Å². The molecule has 2 aromatic carbocycles. The summed E-state index contributed by atoms with van der Waals surface area (Å²) in [4.78, 5) is 12.3. The molecule has 0 radical (unpaired) electrons. The van der Waals surface area contributed by atoms with Gasteiger partial charge in [-0.1, -0.05) is 36.4 Å². The number of benzene rings is 2. The van der Waals surface area contributed by atoms with Gasteiger partial charge in [0.05, 0.1) is 6.04 Å². The second-order valence-corrected chi connectivity index (χ2v) is 5.44. The van der Waals surface area contributed by atoms with Crippen LogP contribution in [0.15, 0.2) is 48.5 Å². The molecule has 0 unspecified atom stereocenters. The van der Waals surface area contributed by atoms with Gasteiger partial charge >= 0.3 is 0 Å². The molecule has 0 aliphatic heterocycles. The first-order valence-corrected chi connectivity index (χ1v) is 7.21. The second kappa shape index (κ2) is 5.49. The first kappa shape index (κ1) is 12.9. The third-order valence-electron chi connectivity index (χ3n) is 4.01. The van der Waals surface area contributed by atoms with E-state index in [0.29, 0.717) is 0 Å². The molecule has 0 spiro atoms. The Kier molecular flexibility index (Phi) is 3.55. The predicted octanol–water partition coefficient (Wildman–Crippen LogP) is 3.67. The fraction of sp³-hybridized carbons (Fsp3) is 0.278. The van der Waals surface area contributed by atoms with Crippen LogP contribution in [0.5, 0.6) is 0 Å². The van der Waals surface area contributed by atoms with Crippen LogP contribution in [0.1, 0.15) is 46.4 Å². The molecular formula is C18H19NO. The van der Waals surface area contributed by atoms with Gasteiger partial charge in [0.1, 0.15) is 0 Å². The minimum Gasteiger partial charge on any atom is -0.346 e.